The third-order valence-electron chi connectivity index (χ3n) is 14.7. The summed E-state index contributed by atoms with van der Waals surface area (Å²) in [5.74, 6) is 2.00. The molecule has 7 heterocycles. The van der Waals surface area contributed by atoms with Crippen molar-refractivity contribution in [1.82, 2.24) is 48.8 Å². The number of aromatic amines is 4. The van der Waals surface area contributed by atoms with Gasteiger partial charge in [0.15, 0.2) is 12.8 Å². The van der Waals surface area contributed by atoms with Crippen LogP contribution in [-0.2, 0) is 75.8 Å². The van der Waals surface area contributed by atoms with E-state index in [1.165, 1.54) is 56.9 Å². The van der Waals surface area contributed by atoms with Gasteiger partial charge in [-0.3, -0.25) is 5.10 Å². The Kier molecular flexibility index (Phi) is 29.1. The SMILES string of the molecule is C.CC(C)(C)c1cc[nH]c1C(C)(C)C.CC(C)(C)c1cc[nH]c1C(C)(C)C.CC(C)(C)c1cn[nH]c1C(C)(C)C.CC(C)(C)c1nc[nH]c1C(C)(C)C.CC(C)(C)c1ncoc1C(C)(C)C.CC(C)(C)c1ncoc1C(C)(C)C.CC(C)(C)c1nsnc1C(C)(C)C. The van der Waals surface area contributed by atoms with Gasteiger partial charge < -0.3 is 23.8 Å². The number of oxazole rings is 2. The summed E-state index contributed by atoms with van der Waals surface area (Å²) in [5, 5.41) is 7.23. The maximum Gasteiger partial charge on any atom is 0.181 e. The van der Waals surface area contributed by atoms with Gasteiger partial charge in [-0.25, -0.2) is 15.0 Å². The van der Waals surface area contributed by atoms with Crippen LogP contribution in [0.15, 0.2) is 58.7 Å². The fourth-order valence-corrected chi connectivity index (χ4v) is 10.8. The number of hydrogen-bond acceptors (Lipinski definition) is 9. The molecule has 0 saturated carbocycles. The molecule has 0 aromatic carbocycles. The van der Waals surface area contributed by atoms with Crippen LogP contribution in [0.3, 0.4) is 0 Å². The normalized spacial score (nSPS) is 13.2. The van der Waals surface area contributed by atoms with Crippen LogP contribution in [0, 0.1) is 0 Å². The Balaban J connectivity index is 0.00000105. The second-order valence-electron chi connectivity index (χ2n) is 39.3. The lowest BCUT2D eigenvalue weighted by atomic mass is 9.80. The molecule has 92 heavy (non-hydrogen) atoms. The highest BCUT2D eigenvalue weighted by molar-refractivity contribution is 6.99. The quantitative estimate of drug-likeness (QED) is 0.116. The van der Waals surface area contributed by atoms with Crippen molar-refractivity contribution in [2.45, 2.75) is 374 Å². The van der Waals surface area contributed by atoms with E-state index in [2.05, 4.69) is 352 Å². The Morgan fingerprint density at radius 1 is 0.293 bits per heavy atom. The van der Waals surface area contributed by atoms with Crippen LogP contribution in [0.5, 0.6) is 0 Å². The van der Waals surface area contributed by atoms with Gasteiger partial charge in [-0.15, -0.1) is 0 Å². The van der Waals surface area contributed by atoms with Crippen molar-refractivity contribution in [3.8, 4) is 0 Å². The molecule has 526 valence electrons. The highest BCUT2D eigenvalue weighted by Crippen LogP contribution is 2.38. The maximum absolute atomic E-state index is 5.44. The average Bonchev–Trinajstić information content (AvgIpc) is 1.70. The molecule has 13 heteroatoms. The van der Waals surface area contributed by atoms with Gasteiger partial charge in [-0.2, -0.15) is 13.8 Å². The molecule has 0 unspecified atom stereocenters. The molecule has 0 bridgehead atoms. The van der Waals surface area contributed by atoms with E-state index in [0.29, 0.717) is 0 Å². The van der Waals surface area contributed by atoms with Crippen LogP contribution in [0.1, 0.15) is 378 Å². The van der Waals surface area contributed by atoms with Crippen LogP contribution in [0.4, 0.5) is 0 Å². The standard InChI is InChI=1S/2C12H21N.2C11H20N2.2C11H19NO.C10H18N2S.CH4/c2*1-11(2,3)9-7-8-13-10(9)12(4,5)6;1-10(2,3)8-9(11(4,5)6)13-7-12-8;1-10(2,3)8-7-12-13-9(8)11(4,5)6;2*1-10(2,3)8-9(11(4,5)6)13-7-12-8;1-9(2,3)7-8(10(4,5)6)12-13-11-7;/h2*7-8,13H,1-6H3;2*7H,1-6H3,(H,12,13);2*7H,1-6H3;1-6H3;1H4. The van der Waals surface area contributed by atoms with Gasteiger partial charge in [-0.05, 0) is 45.1 Å². The molecule has 7 rings (SSSR count). The molecule has 7 aromatic heterocycles. The number of hydrogen-bond donors (Lipinski definition) is 4. The van der Waals surface area contributed by atoms with E-state index in [0.717, 1.165) is 34.3 Å². The molecule has 0 amide bonds. The Hall–Kier alpha value is -5.04. The highest BCUT2D eigenvalue weighted by atomic mass is 32.1. The zero-order chi connectivity index (χ0) is 71.9. The van der Waals surface area contributed by atoms with Crippen LogP contribution >= 0.6 is 11.7 Å². The highest BCUT2D eigenvalue weighted by Gasteiger charge is 2.34. The molecular weight excluding hydrogens is 1150 g/mol. The fourth-order valence-electron chi connectivity index (χ4n) is 9.89. The summed E-state index contributed by atoms with van der Waals surface area (Å²) in [4.78, 5) is 22.9. The van der Waals surface area contributed by atoms with Gasteiger partial charge in [-0.1, -0.05) is 298 Å². The molecule has 0 aliphatic carbocycles. The van der Waals surface area contributed by atoms with Crippen molar-refractivity contribution in [2.75, 3.05) is 0 Å². The average molecular weight is 1300 g/mol. The van der Waals surface area contributed by atoms with E-state index >= 15 is 0 Å². The molecule has 0 saturated heterocycles. The summed E-state index contributed by atoms with van der Waals surface area (Å²) in [6, 6.07) is 4.39. The lowest BCUT2D eigenvalue weighted by Crippen LogP contribution is -2.21. The molecule has 12 nitrogen and oxygen atoms in total. The third kappa shape index (κ3) is 27.0. The number of imidazole rings is 1. The van der Waals surface area contributed by atoms with E-state index in [9.17, 15) is 0 Å². The van der Waals surface area contributed by atoms with Crippen molar-refractivity contribution in [1.29, 1.82) is 0 Å². The van der Waals surface area contributed by atoms with E-state index in [4.69, 9.17) is 8.83 Å². The minimum atomic E-state index is 0. The van der Waals surface area contributed by atoms with Gasteiger partial charge in [0.1, 0.15) is 11.5 Å². The number of H-pyrrole nitrogens is 4. The molecule has 0 aliphatic rings. The maximum atomic E-state index is 5.44. The number of nitrogens with one attached hydrogen (secondary N) is 4. The Bertz CT molecular complexity index is 2410. The molecule has 0 aliphatic heterocycles. The minimum absolute atomic E-state index is 0. The van der Waals surface area contributed by atoms with E-state index in [-0.39, 0.29) is 83.2 Å². The monoisotopic (exact) mass is 1300 g/mol. The van der Waals surface area contributed by atoms with Gasteiger partial charge >= 0.3 is 0 Å². The lowest BCUT2D eigenvalue weighted by Gasteiger charge is -2.26. The summed E-state index contributed by atoms with van der Waals surface area (Å²) in [5.41, 5.74) is 16.9. The lowest BCUT2D eigenvalue weighted by molar-refractivity contribution is 0.392. The smallest absolute Gasteiger partial charge is 0.181 e. The van der Waals surface area contributed by atoms with Crippen molar-refractivity contribution >= 4 is 11.7 Å². The summed E-state index contributed by atoms with van der Waals surface area (Å²) in [6.45, 7) is 92.3. The first-order valence-electron chi connectivity index (χ1n) is 33.3. The van der Waals surface area contributed by atoms with Crippen molar-refractivity contribution in [3.05, 3.63) is 129 Å². The predicted molar refractivity (Wildman–Crippen MR) is 400 cm³/mol. The topological polar surface area (TPSA) is 167 Å². The first-order chi connectivity index (χ1) is 40.1. The summed E-state index contributed by atoms with van der Waals surface area (Å²) < 4.78 is 19.7. The first kappa shape index (κ1) is 87.0. The fraction of sp³-hybridized carbons (Fsp3) is 0.722. The predicted octanol–water partition coefficient (Wildman–Crippen LogP) is 23.5. The summed E-state index contributed by atoms with van der Waals surface area (Å²) >= 11 is 1.32. The molecule has 0 fully saturated rings. The van der Waals surface area contributed by atoms with Crippen LogP contribution in [-0.4, -0.2) is 48.8 Å². The van der Waals surface area contributed by atoms with Gasteiger partial charge in [0, 0.05) is 94.7 Å². The molecule has 0 radical (unpaired) electrons. The zero-order valence-corrected chi connectivity index (χ0v) is 67.3. The first-order valence-corrected chi connectivity index (χ1v) is 34.0. The second kappa shape index (κ2) is 30.8. The number of aromatic nitrogens is 10. The Morgan fingerprint density at radius 3 is 0.793 bits per heavy atom. The molecule has 4 N–H and O–H groups in total. The molecular formula is C79H142N10O2S. The van der Waals surface area contributed by atoms with Gasteiger partial charge in [0.05, 0.1) is 52.7 Å². The van der Waals surface area contributed by atoms with Crippen LogP contribution < -0.4 is 0 Å². The van der Waals surface area contributed by atoms with Crippen LogP contribution in [0.2, 0.25) is 0 Å². The third-order valence-corrected chi connectivity index (χ3v) is 15.3. The Labute approximate surface area is 569 Å². The second-order valence-corrected chi connectivity index (χ2v) is 39.9. The molecule has 0 atom stereocenters. The van der Waals surface area contributed by atoms with Crippen molar-refractivity contribution in [3.63, 3.8) is 0 Å². The Morgan fingerprint density at radius 2 is 0.587 bits per heavy atom. The summed E-state index contributed by atoms with van der Waals surface area (Å²) in [6.07, 6.45) is 10.9. The van der Waals surface area contributed by atoms with Gasteiger partial charge in [0.2, 0.25) is 0 Å². The van der Waals surface area contributed by atoms with Gasteiger partial charge in [0.25, 0.3) is 0 Å². The van der Waals surface area contributed by atoms with Crippen LogP contribution in [0.25, 0.3) is 0 Å². The van der Waals surface area contributed by atoms with Crippen molar-refractivity contribution < 1.29 is 8.83 Å². The number of rotatable bonds is 0. The zero-order valence-electron chi connectivity index (χ0n) is 66.5. The van der Waals surface area contributed by atoms with E-state index in [1.807, 2.05) is 18.6 Å². The van der Waals surface area contributed by atoms with E-state index < -0.39 is 0 Å². The van der Waals surface area contributed by atoms with Crippen molar-refractivity contribution in [2.24, 2.45) is 0 Å². The number of nitrogens with zero attached hydrogens (tertiary/aromatic N) is 6. The minimum Gasteiger partial charge on any atom is -0.448 e. The molecule has 7 aromatic rings. The van der Waals surface area contributed by atoms with E-state index in [1.54, 1.807) is 19.1 Å². The largest absolute Gasteiger partial charge is 0.448 e. The summed E-state index contributed by atoms with van der Waals surface area (Å²) in [7, 11) is 0. The molecule has 0 spiro atoms.